The molecule has 0 bridgehead atoms. The lowest BCUT2D eigenvalue weighted by molar-refractivity contribution is -0.140. The van der Waals surface area contributed by atoms with Crippen molar-refractivity contribution in [2.45, 2.75) is 24.9 Å². The first-order valence-electron chi connectivity index (χ1n) is 8.19. The minimum absolute atomic E-state index is 0.0786. The second-order valence-corrected chi connectivity index (χ2v) is 6.25. The van der Waals surface area contributed by atoms with Crippen LogP contribution >= 0.6 is 0 Å². The molecule has 23 heavy (non-hydrogen) atoms. The third-order valence-corrected chi connectivity index (χ3v) is 4.24. The second-order valence-electron chi connectivity index (χ2n) is 6.25. The van der Waals surface area contributed by atoms with E-state index in [-0.39, 0.29) is 23.9 Å². The molecule has 1 aliphatic heterocycles. The van der Waals surface area contributed by atoms with E-state index in [4.69, 9.17) is 4.74 Å². The van der Waals surface area contributed by atoms with E-state index < -0.39 is 0 Å². The first-order valence-corrected chi connectivity index (χ1v) is 8.19. The fraction of sp³-hybridized carbons (Fsp3) is 0.316. The highest BCUT2D eigenvalue weighted by Gasteiger charge is 2.32. The molecule has 2 aromatic rings. The number of hydrogen-bond donors (Lipinski definition) is 0. The number of carbonyl (C=O) groups excluding carboxylic acids is 1. The number of rotatable bonds is 3. The van der Waals surface area contributed by atoms with Crippen LogP contribution in [0.25, 0.3) is 0 Å². The van der Waals surface area contributed by atoms with Crippen LogP contribution in [0, 0.1) is 0 Å². The maximum Gasteiger partial charge on any atom is 0.234 e. The summed E-state index contributed by atoms with van der Waals surface area (Å²) in [5, 5.41) is 0. The van der Waals surface area contributed by atoms with Gasteiger partial charge >= 0.3 is 0 Å². The van der Waals surface area contributed by atoms with Gasteiger partial charge in [0.05, 0.1) is 12.0 Å². The summed E-state index contributed by atoms with van der Waals surface area (Å²) in [6, 6.07) is 20.1. The van der Waals surface area contributed by atoms with Crippen LogP contribution in [-0.2, 0) is 9.53 Å². The van der Waals surface area contributed by atoms with E-state index in [0.29, 0.717) is 13.1 Å². The molecular formula is C19H22BNO2. The van der Waals surface area contributed by atoms with Crippen molar-refractivity contribution in [2.24, 2.45) is 0 Å². The molecule has 3 nitrogen and oxygen atoms in total. The smallest absolute Gasteiger partial charge is 0.234 e. The summed E-state index contributed by atoms with van der Waals surface area (Å²) in [5.41, 5.74) is 2.07. The molecule has 1 heterocycles. The number of ether oxygens (including phenoxy) is 1. The number of benzene rings is 2. The fourth-order valence-electron chi connectivity index (χ4n) is 3.31. The van der Waals surface area contributed by atoms with Gasteiger partial charge in [-0.2, -0.15) is 0 Å². The third-order valence-electron chi connectivity index (χ3n) is 4.24. The standard InChI is InChI=1S/C19H22BNO2/c1-14-12-21(13-17(20)23-14)19(22)18(15-8-4-2-5-9-15)16-10-6-3-7-11-16/h2-11,14,17-18H,12-13,20H2,1H3. The number of amides is 1. The molecule has 0 N–H and O–H groups in total. The Hall–Kier alpha value is -2.07. The summed E-state index contributed by atoms with van der Waals surface area (Å²) in [5.74, 6) is -0.0979. The summed E-state index contributed by atoms with van der Waals surface area (Å²) in [7, 11) is 2.02. The van der Waals surface area contributed by atoms with Gasteiger partial charge in [0.1, 0.15) is 7.85 Å². The normalized spacial score (nSPS) is 21.4. The van der Waals surface area contributed by atoms with Gasteiger partial charge < -0.3 is 9.64 Å². The second kappa shape index (κ2) is 7.01. The lowest BCUT2D eigenvalue weighted by Crippen LogP contribution is -2.50. The van der Waals surface area contributed by atoms with E-state index in [1.165, 1.54) is 0 Å². The summed E-state index contributed by atoms with van der Waals surface area (Å²) in [6.45, 7) is 3.33. The summed E-state index contributed by atoms with van der Waals surface area (Å²) < 4.78 is 5.76. The Kier molecular flexibility index (Phi) is 4.82. The Bertz CT molecular complexity index is 597. The van der Waals surface area contributed by atoms with Crippen molar-refractivity contribution < 1.29 is 9.53 Å². The first kappa shape index (κ1) is 15.8. The third kappa shape index (κ3) is 3.65. The van der Waals surface area contributed by atoms with Gasteiger partial charge in [0.25, 0.3) is 0 Å². The SMILES string of the molecule is BC1CN(C(=O)C(c2ccccc2)c2ccccc2)CC(C)O1. The van der Waals surface area contributed by atoms with Crippen LogP contribution in [0.4, 0.5) is 0 Å². The fourth-order valence-corrected chi connectivity index (χ4v) is 3.31. The molecule has 118 valence electrons. The van der Waals surface area contributed by atoms with E-state index in [2.05, 4.69) is 0 Å². The van der Waals surface area contributed by atoms with Crippen LogP contribution < -0.4 is 0 Å². The van der Waals surface area contributed by atoms with E-state index in [1.807, 2.05) is 80.3 Å². The average molecular weight is 307 g/mol. The van der Waals surface area contributed by atoms with Gasteiger partial charge in [-0.15, -0.1) is 0 Å². The van der Waals surface area contributed by atoms with Crippen LogP contribution in [0.2, 0.25) is 0 Å². The number of hydrogen-bond acceptors (Lipinski definition) is 2. The van der Waals surface area contributed by atoms with Gasteiger partial charge in [0.2, 0.25) is 5.91 Å². The molecule has 0 radical (unpaired) electrons. The van der Waals surface area contributed by atoms with Crippen molar-refractivity contribution >= 4 is 13.8 Å². The Morgan fingerprint density at radius 1 is 1.04 bits per heavy atom. The molecule has 1 fully saturated rings. The van der Waals surface area contributed by atoms with Gasteiger partial charge in [-0.05, 0) is 18.1 Å². The lowest BCUT2D eigenvalue weighted by Gasteiger charge is -2.37. The molecule has 2 atom stereocenters. The Morgan fingerprint density at radius 3 is 2.04 bits per heavy atom. The summed E-state index contributed by atoms with van der Waals surface area (Å²) in [6.07, 6.45) is 0.0786. The lowest BCUT2D eigenvalue weighted by atomic mass is 9.89. The number of nitrogens with zero attached hydrogens (tertiary/aromatic N) is 1. The molecule has 3 rings (SSSR count). The molecule has 0 saturated carbocycles. The largest absolute Gasteiger partial charge is 0.381 e. The Morgan fingerprint density at radius 2 is 1.57 bits per heavy atom. The van der Waals surface area contributed by atoms with E-state index in [9.17, 15) is 4.79 Å². The van der Waals surface area contributed by atoms with E-state index in [1.54, 1.807) is 0 Å². The van der Waals surface area contributed by atoms with Crippen molar-refractivity contribution in [2.75, 3.05) is 13.1 Å². The van der Waals surface area contributed by atoms with Crippen LogP contribution in [0.5, 0.6) is 0 Å². The van der Waals surface area contributed by atoms with E-state index in [0.717, 1.165) is 11.1 Å². The minimum Gasteiger partial charge on any atom is -0.381 e. The summed E-state index contributed by atoms with van der Waals surface area (Å²) in [4.78, 5) is 15.2. The predicted octanol–water partition coefficient (Wildman–Crippen LogP) is 2.02. The molecule has 0 spiro atoms. The molecule has 0 aromatic heterocycles. The van der Waals surface area contributed by atoms with Crippen LogP contribution in [0.1, 0.15) is 24.0 Å². The van der Waals surface area contributed by atoms with E-state index >= 15 is 0 Å². The Balaban J connectivity index is 1.94. The first-order chi connectivity index (χ1) is 11.1. The zero-order valence-corrected chi connectivity index (χ0v) is 13.7. The van der Waals surface area contributed by atoms with Crippen molar-refractivity contribution in [1.82, 2.24) is 4.90 Å². The van der Waals surface area contributed by atoms with Gasteiger partial charge in [0.15, 0.2) is 0 Å². The topological polar surface area (TPSA) is 29.5 Å². The zero-order valence-electron chi connectivity index (χ0n) is 13.7. The maximum absolute atomic E-state index is 13.3. The average Bonchev–Trinajstić information content (AvgIpc) is 2.56. The van der Waals surface area contributed by atoms with Crippen molar-refractivity contribution in [1.29, 1.82) is 0 Å². The van der Waals surface area contributed by atoms with Crippen molar-refractivity contribution in [3.05, 3.63) is 71.8 Å². The quantitative estimate of drug-likeness (QED) is 0.812. The van der Waals surface area contributed by atoms with Gasteiger partial charge in [0, 0.05) is 19.1 Å². The zero-order chi connectivity index (χ0) is 16.2. The highest BCUT2D eigenvalue weighted by Crippen LogP contribution is 2.28. The van der Waals surface area contributed by atoms with Crippen molar-refractivity contribution in [3.8, 4) is 0 Å². The monoisotopic (exact) mass is 307 g/mol. The van der Waals surface area contributed by atoms with Gasteiger partial charge in [-0.1, -0.05) is 60.7 Å². The molecule has 1 saturated heterocycles. The van der Waals surface area contributed by atoms with Crippen LogP contribution in [0.3, 0.4) is 0 Å². The molecule has 0 aliphatic carbocycles. The molecule has 1 amide bonds. The van der Waals surface area contributed by atoms with Gasteiger partial charge in [-0.25, -0.2) is 0 Å². The molecule has 2 unspecified atom stereocenters. The van der Waals surface area contributed by atoms with Gasteiger partial charge in [-0.3, -0.25) is 4.79 Å². The summed E-state index contributed by atoms with van der Waals surface area (Å²) >= 11 is 0. The highest BCUT2D eigenvalue weighted by atomic mass is 16.5. The number of carbonyl (C=O) groups is 1. The minimum atomic E-state index is -0.255. The predicted molar refractivity (Wildman–Crippen MR) is 94.2 cm³/mol. The highest BCUT2D eigenvalue weighted by molar-refractivity contribution is 6.11. The van der Waals surface area contributed by atoms with Crippen LogP contribution in [-0.4, -0.2) is 43.9 Å². The molecule has 1 aliphatic rings. The molecule has 4 heteroatoms. The molecular weight excluding hydrogens is 285 g/mol. The Labute approximate surface area is 138 Å². The molecule has 2 aromatic carbocycles. The van der Waals surface area contributed by atoms with Crippen molar-refractivity contribution in [3.63, 3.8) is 0 Å². The number of morpholine rings is 1. The maximum atomic E-state index is 13.3. The van der Waals surface area contributed by atoms with Crippen LogP contribution in [0.15, 0.2) is 60.7 Å².